The van der Waals surface area contributed by atoms with E-state index in [9.17, 15) is 9.50 Å². The fraction of sp³-hybridized carbons (Fsp3) is 0.267. The molecular formula is C15H13FN4O2. The first-order valence-corrected chi connectivity index (χ1v) is 7.06. The summed E-state index contributed by atoms with van der Waals surface area (Å²) < 4.78 is 20.2. The van der Waals surface area contributed by atoms with Crippen LogP contribution >= 0.6 is 0 Å². The fourth-order valence-corrected chi connectivity index (χ4v) is 2.64. The van der Waals surface area contributed by atoms with Crippen molar-refractivity contribution >= 4 is 0 Å². The molecule has 0 saturated carbocycles. The van der Waals surface area contributed by atoms with Crippen molar-refractivity contribution in [1.82, 2.24) is 19.9 Å². The van der Waals surface area contributed by atoms with Crippen molar-refractivity contribution in [1.29, 1.82) is 0 Å². The molecule has 1 aliphatic heterocycles. The van der Waals surface area contributed by atoms with Gasteiger partial charge in [-0.25, -0.2) is 4.39 Å². The summed E-state index contributed by atoms with van der Waals surface area (Å²) in [5.41, 5.74) is 1.82. The standard InChI is InChI=1S/C15H13FN4O2/c16-10-4-1-3-9(7-10)14-17-15(22-19-14)11-8-12-13(21)5-2-6-20(12)18-11/h1,3-4,7-8,13,21H,2,5-6H2. The second-order valence-corrected chi connectivity index (χ2v) is 5.27. The summed E-state index contributed by atoms with van der Waals surface area (Å²) >= 11 is 0. The van der Waals surface area contributed by atoms with Crippen molar-refractivity contribution in [2.24, 2.45) is 0 Å². The second kappa shape index (κ2) is 5.03. The number of aliphatic hydroxyl groups excluding tert-OH is 1. The average Bonchev–Trinajstić information content (AvgIpc) is 3.14. The molecule has 0 radical (unpaired) electrons. The maximum absolute atomic E-state index is 13.3. The molecule has 22 heavy (non-hydrogen) atoms. The first-order chi connectivity index (χ1) is 10.7. The number of fused-ring (bicyclic) bond motifs is 1. The molecule has 0 fully saturated rings. The molecule has 1 atom stereocenters. The zero-order chi connectivity index (χ0) is 15.1. The maximum Gasteiger partial charge on any atom is 0.278 e. The largest absolute Gasteiger partial charge is 0.387 e. The van der Waals surface area contributed by atoms with Crippen LogP contribution in [0, 0.1) is 5.82 Å². The van der Waals surface area contributed by atoms with Crippen molar-refractivity contribution in [2.75, 3.05) is 0 Å². The van der Waals surface area contributed by atoms with Crippen molar-refractivity contribution in [3.63, 3.8) is 0 Å². The summed E-state index contributed by atoms with van der Waals surface area (Å²) in [6.45, 7) is 0.761. The highest BCUT2D eigenvalue weighted by Gasteiger charge is 2.23. The number of aliphatic hydroxyl groups is 1. The topological polar surface area (TPSA) is 77.0 Å². The van der Waals surface area contributed by atoms with Gasteiger partial charge in [0, 0.05) is 12.1 Å². The Balaban J connectivity index is 1.70. The quantitative estimate of drug-likeness (QED) is 0.787. The van der Waals surface area contributed by atoms with Gasteiger partial charge in [-0.05, 0) is 31.0 Å². The maximum atomic E-state index is 13.3. The first-order valence-electron chi connectivity index (χ1n) is 7.06. The van der Waals surface area contributed by atoms with Crippen LogP contribution in [0.5, 0.6) is 0 Å². The number of hydrogen-bond acceptors (Lipinski definition) is 5. The summed E-state index contributed by atoms with van der Waals surface area (Å²) in [7, 11) is 0. The third kappa shape index (κ3) is 2.19. The minimum absolute atomic E-state index is 0.258. The monoisotopic (exact) mass is 300 g/mol. The fourth-order valence-electron chi connectivity index (χ4n) is 2.64. The highest BCUT2D eigenvalue weighted by Crippen LogP contribution is 2.29. The molecule has 0 saturated heterocycles. The van der Waals surface area contributed by atoms with Gasteiger partial charge in [0.05, 0.1) is 11.8 Å². The van der Waals surface area contributed by atoms with Crippen LogP contribution in [-0.2, 0) is 6.54 Å². The van der Waals surface area contributed by atoms with Crippen molar-refractivity contribution in [3.05, 3.63) is 41.8 Å². The molecule has 1 unspecified atom stereocenters. The molecule has 2 aromatic heterocycles. The minimum atomic E-state index is -0.513. The van der Waals surface area contributed by atoms with E-state index < -0.39 is 6.10 Å². The Morgan fingerprint density at radius 1 is 1.32 bits per heavy atom. The minimum Gasteiger partial charge on any atom is -0.387 e. The molecule has 6 nitrogen and oxygen atoms in total. The van der Waals surface area contributed by atoms with E-state index in [1.807, 2.05) is 0 Å². The van der Waals surface area contributed by atoms with Crippen LogP contribution in [0.2, 0.25) is 0 Å². The Hall–Kier alpha value is -2.54. The average molecular weight is 300 g/mol. The van der Waals surface area contributed by atoms with E-state index in [4.69, 9.17) is 4.52 Å². The highest BCUT2D eigenvalue weighted by atomic mass is 19.1. The van der Waals surface area contributed by atoms with Gasteiger partial charge in [0.15, 0.2) is 5.69 Å². The number of benzene rings is 1. The van der Waals surface area contributed by atoms with Gasteiger partial charge in [-0.1, -0.05) is 17.3 Å². The van der Waals surface area contributed by atoms with Crippen LogP contribution in [0.1, 0.15) is 24.6 Å². The SMILES string of the molecule is OC1CCCn2nc(-c3nc(-c4cccc(F)c4)no3)cc21. The molecule has 0 amide bonds. The third-order valence-electron chi connectivity index (χ3n) is 3.73. The van der Waals surface area contributed by atoms with Gasteiger partial charge in [-0.15, -0.1) is 0 Å². The Labute approximate surface area is 125 Å². The zero-order valence-electron chi connectivity index (χ0n) is 11.6. The Morgan fingerprint density at radius 2 is 2.23 bits per heavy atom. The molecular weight excluding hydrogens is 287 g/mol. The lowest BCUT2D eigenvalue weighted by molar-refractivity contribution is 0.135. The van der Waals surface area contributed by atoms with E-state index >= 15 is 0 Å². The van der Waals surface area contributed by atoms with Crippen LogP contribution < -0.4 is 0 Å². The number of aromatic nitrogens is 4. The molecule has 1 aromatic carbocycles. The van der Waals surface area contributed by atoms with Gasteiger partial charge >= 0.3 is 0 Å². The summed E-state index contributed by atoms with van der Waals surface area (Å²) in [5.74, 6) is 0.207. The Morgan fingerprint density at radius 3 is 3.05 bits per heavy atom. The predicted molar refractivity (Wildman–Crippen MR) is 75.1 cm³/mol. The van der Waals surface area contributed by atoms with Crippen molar-refractivity contribution < 1.29 is 14.0 Å². The van der Waals surface area contributed by atoms with Crippen LogP contribution in [0.3, 0.4) is 0 Å². The molecule has 3 heterocycles. The number of aryl methyl sites for hydroxylation is 1. The third-order valence-corrected chi connectivity index (χ3v) is 3.73. The molecule has 4 rings (SSSR count). The Kier molecular flexibility index (Phi) is 3.00. The van der Waals surface area contributed by atoms with E-state index in [0.717, 1.165) is 25.1 Å². The summed E-state index contributed by atoms with van der Waals surface area (Å²) in [6, 6.07) is 7.75. The molecule has 0 bridgehead atoms. The number of hydrogen-bond donors (Lipinski definition) is 1. The first kappa shape index (κ1) is 13.1. The smallest absolute Gasteiger partial charge is 0.278 e. The van der Waals surface area contributed by atoms with Gasteiger partial charge in [0.25, 0.3) is 5.89 Å². The normalized spacial score (nSPS) is 17.5. The van der Waals surface area contributed by atoms with Crippen LogP contribution in [0.15, 0.2) is 34.9 Å². The number of rotatable bonds is 2. The van der Waals surface area contributed by atoms with E-state index in [2.05, 4.69) is 15.2 Å². The Bertz CT molecular complexity index is 827. The molecule has 1 N–H and O–H groups in total. The molecule has 0 aliphatic carbocycles. The van der Waals surface area contributed by atoms with E-state index in [1.54, 1.807) is 22.9 Å². The lowest BCUT2D eigenvalue weighted by Gasteiger charge is -2.18. The highest BCUT2D eigenvalue weighted by molar-refractivity contribution is 5.58. The van der Waals surface area contributed by atoms with Gasteiger partial charge < -0.3 is 9.63 Å². The predicted octanol–water partition coefficient (Wildman–Crippen LogP) is 2.57. The van der Waals surface area contributed by atoms with Crippen LogP contribution in [0.4, 0.5) is 4.39 Å². The van der Waals surface area contributed by atoms with E-state index in [1.165, 1.54) is 12.1 Å². The zero-order valence-corrected chi connectivity index (χ0v) is 11.6. The van der Waals surface area contributed by atoms with Gasteiger partial charge in [-0.3, -0.25) is 4.68 Å². The van der Waals surface area contributed by atoms with E-state index in [-0.39, 0.29) is 11.7 Å². The molecule has 7 heteroatoms. The number of halogens is 1. The molecule has 1 aliphatic rings. The lowest BCUT2D eigenvalue weighted by atomic mass is 10.1. The van der Waals surface area contributed by atoms with Crippen molar-refractivity contribution in [3.8, 4) is 23.0 Å². The number of nitrogens with zero attached hydrogens (tertiary/aromatic N) is 4. The lowest BCUT2D eigenvalue weighted by Crippen LogP contribution is -2.15. The summed E-state index contributed by atoms with van der Waals surface area (Å²) in [4.78, 5) is 4.26. The van der Waals surface area contributed by atoms with Gasteiger partial charge in [0.2, 0.25) is 5.82 Å². The van der Waals surface area contributed by atoms with E-state index in [0.29, 0.717) is 17.1 Å². The second-order valence-electron chi connectivity index (χ2n) is 5.27. The van der Waals surface area contributed by atoms with Gasteiger partial charge in [0.1, 0.15) is 5.82 Å². The van der Waals surface area contributed by atoms with Gasteiger partial charge in [-0.2, -0.15) is 10.1 Å². The molecule has 112 valence electrons. The van der Waals surface area contributed by atoms with Crippen molar-refractivity contribution in [2.45, 2.75) is 25.5 Å². The van der Waals surface area contributed by atoms with Crippen LogP contribution in [0.25, 0.3) is 23.0 Å². The molecule has 3 aromatic rings. The molecule has 0 spiro atoms. The summed E-state index contributed by atoms with van der Waals surface area (Å²) in [5, 5.41) is 18.2. The summed E-state index contributed by atoms with van der Waals surface area (Å²) in [6.07, 6.45) is 1.09. The van der Waals surface area contributed by atoms with Crippen LogP contribution in [-0.4, -0.2) is 25.0 Å².